The van der Waals surface area contributed by atoms with Crippen LogP contribution in [0.5, 0.6) is 0 Å². The van der Waals surface area contributed by atoms with Crippen LogP contribution in [0.4, 0.5) is 0 Å². The van der Waals surface area contributed by atoms with Crippen molar-refractivity contribution in [3.63, 3.8) is 0 Å². The highest BCUT2D eigenvalue weighted by Crippen LogP contribution is 2.41. The predicted molar refractivity (Wildman–Crippen MR) is 175 cm³/mol. The first-order chi connectivity index (χ1) is 21.1. The van der Waals surface area contributed by atoms with Gasteiger partial charge in [-0.15, -0.1) is 0 Å². The lowest BCUT2D eigenvalue weighted by atomic mass is 9.72. The van der Waals surface area contributed by atoms with Crippen LogP contribution in [0.2, 0.25) is 5.02 Å². The summed E-state index contributed by atoms with van der Waals surface area (Å²) in [5, 5.41) is 11.7. The largest absolute Gasteiger partial charge is 0.376 e. The highest BCUT2D eigenvalue weighted by Gasteiger charge is 2.43. The molecule has 10 heteroatoms. The molecule has 8 nitrogen and oxygen atoms in total. The highest BCUT2D eigenvalue weighted by molar-refractivity contribution is 7.89. The average molecular weight is 649 g/mol. The second kappa shape index (κ2) is 13.9. The Labute approximate surface area is 269 Å². The summed E-state index contributed by atoms with van der Waals surface area (Å²) in [6.45, 7) is 6.35. The van der Waals surface area contributed by atoms with Crippen LogP contribution in [0.3, 0.4) is 0 Å². The standard InChI is InChI=1S/C34H53ClN4O4S/c1-34(2)20-25(17-18-43-34)31(24-11-14-26(35)15-12-24)32(37-27-7-4-8-27)33(40)38-30-10-3-6-23(30)13-16-29-21-36-28-9-5-19-44(41,42)39(29)22-28/h11-12,14-15,23,25,27-32,36-37H,3-10,13,16-22H2,1-2H3,(H,38,40)/t23-,25?,28-,29+,30+,31+,32+/m1/s1. The van der Waals surface area contributed by atoms with Crippen LogP contribution in [0.1, 0.15) is 102 Å². The molecule has 0 aromatic heterocycles. The van der Waals surface area contributed by atoms with E-state index in [0.717, 1.165) is 82.7 Å². The van der Waals surface area contributed by atoms with Crippen molar-refractivity contribution in [2.24, 2.45) is 11.8 Å². The van der Waals surface area contributed by atoms with E-state index in [4.69, 9.17) is 16.3 Å². The number of hydrogen-bond acceptors (Lipinski definition) is 6. The molecule has 5 aliphatic rings. The van der Waals surface area contributed by atoms with Crippen LogP contribution in [0.15, 0.2) is 24.3 Å². The molecule has 2 bridgehead atoms. The molecular formula is C34H53ClN4O4S. The van der Waals surface area contributed by atoms with E-state index in [1.807, 2.05) is 12.1 Å². The Morgan fingerprint density at radius 1 is 1.07 bits per heavy atom. The minimum atomic E-state index is -3.20. The van der Waals surface area contributed by atoms with Gasteiger partial charge in [-0.3, -0.25) is 4.79 Å². The van der Waals surface area contributed by atoms with Crippen molar-refractivity contribution in [2.45, 2.75) is 133 Å². The lowest BCUT2D eigenvalue weighted by Gasteiger charge is -2.44. The van der Waals surface area contributed by atoms with Gasteiger partial charge in [0.05, 0.1) is 17.4 Å². The third-order valence-corrected chi connectivity index (χ3v) is 13.5. The number of hydrogen-bond donors (Lipinski definition) is 3. The third kappa shape index (κ3) is 7.66. The van der Waals surface area contributed by atoms with Gasteiger partial charge in [0.15, 0.2) is 0 Å². The monoisotopic (exact) mass is 648 g/mol. The summed E-state index contributed by atoms with van der Waals surface area (Å²) in [5.74, 6) is 1.06. The van der Waals surface area contributed by atoms with E-state index in [1.54, 1.807) is 4.31 Å². The van der Waals surface area contributed by atoms with Crippen LogP contribution in [-0.2, 0) is 19.6 Å². The average Bonchev–Trinajstić information content (AvgIpc) is 3.35. The van der Waals surface area contributed by atoms with Crippen molar-refractivity contribution in [3.8, 4) is 0 Å². The van der Waals surface area contributed by atoms with E-state index < -0.39 is 10.0 Å². The summed E-state index contributed by atoms with van der Waals surface area (Å²) in [6.07, 6.45) is 11.8. The summed E-state index contributed by atoms with van der Waals surface area (Å²) in [5.41, 5.74) is 0.935. The van der Waals surface area contributed by atoms with Crippen molar-refractivity contribution < 1.29 is 17.9 Å². The Bertz CT molecular complexity index is 1240. The normalized spacial score (nSPS) is 34.8. The molecule has 3 heterocycles. The molecule has 44 heavy (non-hydrogen) atoms. The molecule has 246 valence electrons. The molecule has 2 saturated carbocycles. The SMILES string of the molecule is CC1(C)CC([C@H](c2ccc(Cl)cc2)[C@H](NC2CCC2)C(=O)N[C@H]2CCC[C@@H]2CC[C@H]2CN[C@@H]3CCCS(=O)(=O)N2C3)CCO1. The molecule has 0 radical (unpaired) electrons. The Hall–Kier alpha value is -1.23. The number of piperazine rings is 1. The van der Waals surface area contributed by atoms with Crippen LogP contribution < -0.4 is 16.0 Å². The first-order valence-corrected chi connectivity index (χ1v) is 19.3. The minimum absolute atomic E-state index is 0.00509. The van der Waals surface area contributed by atoms with E-state index in [0.29, 0.717) is 36.1 Å². The quantitative estimate of drug-likeness (QED) is 0.331. The van der Waals surface area contributed by atoms with E-state index in [2.05, 4.69) is 41.9 Å². The van der Waals surface area contributed by atoms with Gasteiger partial charge in [-0.2, -0.15) is 4.31 Å². The zero-order valence-electron chi connectivity index (χ0n) is 26.6. The minimum Gasteiger partial charge on any atom is -0.376 e. The third-order valence-electron chi connectivity index (χ3n) is 11.3. The molecule has 3 saturated heterocycles. The van der Waals surface area contributed by atoms with Crippen molar-refractivity contribution in [1.82, 2.24) is 20.3 Å². The van der Waals surface area contributed by atoms with Crippen molar-refractivity contribution in [2.75, 3.05) is 25.4 Å². The molecule has 6 rings (SSSR count). The maximum Gasteiger partial charge on any atom is 0.238 e. The number of amides is 1. The van der Waals surface area contributed by atoms with Crippen molar-refractivity contribution in [1.29, 1.82) is 0 Å². The smallest absolute Gasteiger partial charge is 0.238 e. The number of fused-ring (bicyclic) bond motifs is 2. The number of halogens is 1. The number of nitrogens with one attached hydrogen (secondary N) is 3. The van der Waals surface area contributed by atoms with Gasteiger partial charge in [0.2, 0.25) is 15.9 Å². The maximum absolute atomic E-state index is 14.4. The number of sulfonamides is 1. The molecule has 1 amide bonds. The van der Waals surface area contributed by atoms with Gasteiger partial charge in [0, 0.05) is 54.8 Å². The molecule has 5 fully saturated rings. The van der Waals surface area contributed by atoms with Gasteiger partial charge in [-0.25, -0.2) is 8.42 Å². The fourth-order valence-corrected chi connectivity index (χ4v) is 10.6. The van der Waals surface area contributed by atoms with Crippen LogP contribution in [0.25, 0.3) is 0 Å². The summed E-state index contributed by atoms with van der Waals surface area (Å²) >= 11 is 6.32. The zero-order chi connectivity index (χ0) is 30.9. The summed E-state index contributed by atoms with van der Waals surface area (Å²) in [6, 6.07) is 8.55. The Kier molecular flexibility index (Phi) is 10.3. The molecule has 2 aliphatic carbocycles. The molecule has 3 N–H and O–H groups in total. The summed E-state index contributed by atoms with van der Waals surface area (Å²) in [4.78, 5) is 14.4. The summed E-state index contributed by atoms with van der Waals surface area (Å²) < 4.78 is 33.9. The number of ether oxygens (including phenoxy) is 1. The lowest BCUT2D eigenvalue weighted by Crippen LogP contribution is -2.57. The van der Waals surface area contributed by atoms with Gasteiger partial charge in [-0.05, 0) is 108 Å². The van der Waals surface area contributed by atoms with Gasteiger partial charge < -0.3 is 20.7 Å². The molecule has 2 unspecified atom stereocenters. The number of rotatable bonds is 10. The molecule has 1 aromatic carbocycles. The number of nitrogens with zero attached hydrogens (tertiary/aromatic N) is 1. The van der Waals surface area contributed by atoms with E-state index >= 15 is 0 Å². The Morgan fingerprint density at radius 3 is 2.57 bits per heavy atom. The fraction of sp³-hybridized carbons (Fsp3) is 0.794. The first kappa shape index (κ1) is 32.7. The number of carbonyl (C=O) groups is 1. The molecule has 8 atom stereocenters. The van der Waals surface area contributed by atoms with E-state index in [1.165, 1.54) is 6.42 Å². The van der Waals surface area contributed by atoms with E-state index in [9.17, 15) is 13.2 Å². The van der Waals surface area contributed by atoms with Crippen molar-refractivity contribution in [3.05, 3.63) is 34.9 Å². The highest BCUT2D eigenvalue weighted by atomic mass is 35.5. The predicted octanol–water partition coefficient (Wildman–Crippen LogP) is 4.97. The fourth-order valence-electron chi connectivity index (χ4n) is 8.67. The van der Waals surface area contributed by atoms with Crippen molar-refractivity contribution >= 4 is 27.5 Å². The van der Waals surface area contributed by atoms with Crippen LogP contribution in [0, 0.1) is 11.8 Å². The number of carbonyl (C=O) groups excluding carboxylic acids is 1. The molecular weight excluding hydrogens is 596 g/mol. The second-order valence-corrected chi connectivity index (χ2v) is 17.4. The van der Waals surface area contributed by atoms with Gasteiger partial charge in [-0.1, -0.05) is 36.6 Å². The molecule has 0 spiro atoms. The maximum atomic E-state index is 14.4. The van der Waals surface area contributed by atoms with Crippen LogP contribution in [-0.4, -0.2) is 79.9 Å². The molecule has 3 aliphatic heterocycles. The van der Waals surface area contributed by atoms with Gasteiger partial charge in [0.1, 0.15) is 0 Å². The Balaban J connectivity index is 1.17. The van der Waals surface area contributed by atoms with E-state index in [-0.39, 0.29) is 47.3 Å². The molecule has 1 aromatic rings. The zero-order valence-corrected chi connectivity index (χ0v) is 28.2. The lowest BCUT2D eigenvalue weighted by molar-refractivity contribution is -0.127. The topological polar surface area (TPSA) is 99.8 Å². The van der Waals surface area contributed by atoms with Gasteiger partial charge >= 0.3 is 0 Å². The van der Waals surface area contributed by atoms with Gasteiger partial charge in [0.25, 0.3) is 0 Å². The first-order valence-electron chi connectivity index (χ1n) is 17.3. The van der Waals surface area contributed by atoms with Crippen LogP contribution >= 0.6 is 11.6 Å². The Morgan fingerprint density at radius 2 is 1.84 bits per heavy atom. The second-order valence-electron chi connectivity index (χ2n) is 14.9. The summed E-state index contributed by atoms with van der Waals surface area (Å²) in [7, 11) is -3.20. The number of benzene rings is 1.